The monoisotopic (exact) mass is 301 g/mol. The summed E-state index contributed by atoms with van der Waals surface area (Å²) in [5, 5.41) is 11.0. The van der Waals surface area contributed by atoms with Crippen molar-refractivity contribution in [3.05, 3.63) is 0 Å². The summed E-state index contributed by atoms with van der Waals surface area (Å²) in [6.07, 6.45) is 14.5. The van der Waals surface area contributed by atoms with Crippen molar-refractivity contribution in [3.63, 3.8) is 0 Å². The first-order valence-electron chi connectivity index (χ1n) is 8.78. The summed E-state index contributed by atoms with van der Waals surface area (Å²) in [6, 6.07) is 0. The van der Waals surface area contributed by atoms with Gasteiger partial charge in [-0.3, -0.25) is 0 Å². The molecule has 0 heterocycles. The predicted octanol–water partition coefficient (Wildman–Crippen LogP) is 5.09. The van der Waals surface area contributed by atoms with Gasteiger partial charge in [0, 0.05) is 5.97 Å². The van der Waals surface area contributed by atoms with E-state index in [1.54, 1.807) is 0 Å². The lowest BCUT2D eigenvalue weighted by molar-refractivity contribution is -0.312. The Morgan fingerprint density at radius 1 is 0.857 bits per heavy atom. The number of hydrogen-bond acceptors (Lipinski definition) is 2. The van der Waals surface area contributed by atoms with E-state index in [2.05, 4.69) is 20.8 Å². The van der Waals surface area contributed by atoms with Crippen molar-refractivity contribution in [2.75, 3.05) is 0 Å². The van der Waals surface area contributed by atoms with Gasteiger partial charge in [0.2, 0.25) is 0 Å². The van der Waals surface area contributed by atoms with E-state index in [1.807, 2.05) is 0 Å². The third-order valence-electron chi connectivity index (χ3n) is 4.00. The number of carboxylic acids is 1. The molecule has 21 heavy (non-hydrogen) atoms. The molecule has 4 N–H and O–H groups in total. The zero-order valence-electron chi connectivity index (χ0n) is 15.0. The van der Waals surface area contributed by atoms with Crippen LogP contribution in [0.3, 0.4) is 0 Å². The number of hydrogen-bond donors (Lipinski definition) is 1. The van der Waals surface area contributed by atoms with Gasteiger partial charge in [-0.1, -0.05) is 85.0 Å². The first kappa shape index (κ1) is 22.7. The zero-order valence-corrected chi connectivity index (χ0v) is 15.0. The first-order valence-corrected chi connectivity index (χ1v) is 8.78. The topological polar surface area (TPSA) is 76.6 Å². The molecule has 0 amide bonds. The van der Waals surface area contributed by atoms with Gasteiger partial charge in [0.1, 0.15) is 0 Å². The maximum Gasteiger partial charge on any atom is 0.0445 e. The minimum atomic E-state index is -0.852. The van der Waals surface area contributed by atoms with Gasteiger partial charge in [-0.2, -0.15) is 0 Å². The highest BCUT2D eigenvalue weighted by Gasteiger charge is 2.11. The second-order valence-electron chi connectivity index (χ2n) is 6.62. The Morgan fingerprint density at radius 3 is 1.67 bits per heavy atom. The van der Waals surface area contributed by atoms with E-state index in [-0.39, 0.29) is 12.1 Å². The number of rotatable bonds is 14. The highest BCUT2D eigenvalue weighted by Crippen LogP contribution is 2.19. The Balaban J connectivity index is 0. The lowest BCUT2D eigenvalue weighted by atomic mass is 9.92. The fourth-order valence-corrected chi connectivity index (χ4v) is 2.78. The van der Waals surface area contributed by atoms with Gasteiger partial charge < -0.3 is 16.1 Å². The molecule has 0 spiro atoms. The molecule has 0 bridgehead atoms. The zero-order chi connectivity index (χ0) is 15.2. The predicted molar refractivity (Wildman–Crippen MR) is 90.4 cm³/mol. The maximum atomic E-state index is 11.0. The molecule has 0 saturated heterocycles. The molecule has 0 aliphatic rings. The molecular weight excluding hydrogens is 262 g/mol. The van der Waals surface area contributed by atoms with E-state index in [0.29, 0.717) is 5.92 Å². The summed E-state index contributed by atoms with van der Waals surface area (Å²) in [6.45, 7) is 6.40. The molecule has 128 valence electrons. The minimum absolute atomic E-state index is 0. The number of carbonyl (C=O) groups is 1. The third kappa shape index (κ3) is 15.6. The summed E-state index contributed by atoms with van der Waals surface area (Å²) in [5.74, 6) is -0.639. The number of aliphatic carboxylic acids is 1. The second-order valence-corrected chi connectivity index (χ2v) is 6.62. The van der Waals surface area contributed by atoms with E-state index < -0.39 is 5.97 Å². The molecule has 0 aliphatic carbocycles. The SMILES string of the molecule is CCCCCCCCCCCC[C@@H](CC(C)C)C(=O)[O-].[NH4+]. The van der Waals surface area contributed by atoms with Crippen LogP contribution in [0.25, 0.3) is 0 Å². The van der Waals surface area contributed by atoms with Gasteiger partial charge in [-0.05, 0) is 24.7 Å². The summed E-state index contributed by atoms with van der Waals surface area (Å²) in [7, 11) is 0. The van der Waals surface area contributed by atoms with Crippen LogP contribution in [0.4, 0.5) is 0 Å². The smallest absolute Gasteiger partial charge is 0.0445 e. The number of quaternary nitrogens is 1. The molecule has 0 fully saturated rings. The van der Waals surface area contributed by atoms with E-state index >= 15 is 0 Å². The molecule has 3 nitrogen and oxygen atoms in total. The largest absolute Gasteiger partial charge is 0.550 e. The van der Waals surface area contributed by atoms with Gasteiger partial charge in [0.25, 0.3) is 0 Å². The average molecular weight is 302 g/mol. The van der Waals surface area contributed by atoms with Crippen LogP contribution in [0.15, 0.2) is 0 Å². The van der Waals surface area contributed by atoms with Crippen LogP contribution in [0, 0.1) is 11.8 Å². The molecule has 0 aromatic heterocycles. The quantitative estimate of drug-likeness (QED) is 0.454. The van der Waals surface area contributed by atoms with E-state index in [9.17, 15) is 9.90 Å². The number of carboxylic acid groups (broad SMARTS) is 1. The highest BCUT2D eigenvalue weighted by atomic mass is 16.4. The lowest BCUT2D eigenvalue weighted by Gasteiger charge is -2.19. The van der Waals surface area contributed by atoms with Crippen molar-refractivity contribution in [1.29, 1.82) is 0 Å². The fourth-order valence-electron chi connectivity index (χ4n) is 2.78. The van der Waals surface area contributed by atoms with Crippen molar-refractivity contribution >= 4 is 5.97 Å². The molecule has 0 unspecified atom stereocenters. The lowest BCUT2D eigenvalue weighted by Crippen LogP contribution is -2.32. The molecule has 0 aliphatic heterocycles. The van der Waals surface area contributed by atoms with Crippen molar-refractivity contribution in [2.45, 2.75) is 97.8 Å². The van der Waals surface area contributed by atoms with Gasteiger partial charge in [-0.15, -0.1) is 0 Å². The van der Waals surface area contributed by atoms with Crippen LogP contribution < -0.4 is 11.3 Å². The number of unbranched alkanes of at least 4 members (excludes halogenated alkanes) is 9. The number of carbonyl (C=O) groups excluding carboxylic acids is 1. The molecule has 0 rings (SSSR count). The van der Waals surface area contributed by atoms with E-state index in [0.717, 1.165) is 19.3 Å². The summed E-state index contributed by atoms with van der Waals surface area (Å²) in [5.41, 5.74) is 0. The van der Waals surface area contributed by atoms with Gasteiger partial charge >= 0.3 is 0 Å². The van der Waals surface area contributed by atoms with Crippen molar-refractivity contribution < 1.29 is 9.90 Å². The van der Waals surface area contributed by atoms with E-state index in [1.165, 1.54) is 57.8 Å². The van der Waals surface area contributed by atoms with Crippen LogP contribution in [-0.2, 0) is 4.79 Å². The van der Waals surface area contributed by atoms with Crippen LogP contribution in [0.2, 0.25) is 0 Å². The van der Waals surface area contributed by atoms with E-state index in [4.69, 9.17) is 0 Å². The highest BCUT2D eigenvalue weighted by molar-refractivity contribution is 5.67. The average Bonchev–Trinajstić information content (AvgIpc) is 2.39. The molecule has 0 saturated carbocycles. The Labute approximate surface area is 132 Å². The van der Waals surface area contributed by atoms with Gasteiger partial charge in [0.05, 0.1) is 0 Å². The normalized spacial score (nSPS) is 12.2. The molecule has 0 aromatic carbocycles. The standard InChI is InChI=1S/C18H36O2.H3N/c1-4-5-6-7-8-9-10-11-12-13-14-17(18(19)20)15-16(2)3;/h16-17H,4-15H2,1-3H3,(H,19,20);1H3/t17-;/m0./s1. The van der Waals surface area contributed by atoms with Gasteiger partial charge in [0.15, 0.2) is 0 Å². The molecule has 1 atom stereocenters. The summed E-state index contributed by atoms with van der Waals surface area (Å²) >= 11 is 0. The Kier molecular flexibility index (Phi) is 17.1. The minimum Gasteiger partial charge on any atom is -0.550 e. The maximum absolute atomic E-state index is 11.0. The molecule has 0 aromatic rings. The molecular formula is C18H39NO2. The molecule has 3 heteroatoms. The molecule has 0 radical (unpaired) electrons. The summed E-state index contributed by atoms with van der Waals surface area (Å²) < 4.78 is 0. The van der Waals surface area contributed by atoms with Crippen molar-refractivity contribution in [3.8, 4) is 0 Å². The van der Waals surface area contributed by atoms with Gasteiger partial charge in [-0.25, -0.2) is 0 Å². The fraction of sp³-hybridized carbons (Fsp3) is 0.944. The third-order valence-corrected chi connectivity index (χ3v) is 4.00. The van der Waals surface area contributed by atoms with Crippen LogP contribution in [0.1, 0.15) is 97.8 Å². The first-order chi connectivity index (χ1) is 9.57. The van der Waals surface area contributed by atoms with Crippen LogP contribution in [-0.4, -0.2) is 5.97 Å². The van der Waals surface area contributed by atoms with Crippen LogP contribution >= 0.6 is 0 Å². The second kappa shape index (κ2) is 15.8. The summed E-state index contributed by atoms with van der Waals surface area (Å²) in [4.78, 5) is 11.0. The van der Waals surface area contributed by atoms with Crippen molar-refractivity contribution in [2.24, 2.45) is 11.8 Å². The Bertz CT molecular complexity index is 229. The van der Waals surface area contributed by atoms with Crippen LogP contribution in [0.5, 0.6) is 0 Å². The Hall–Kier alpha value is -0.570. The Morgan fingerprint density at radius 2 is 1.29 bits per heavy atom. The van der Waals surface area contributed by atoms with Crippen molar-refractivity contribution in [1.82, 2.24) is 6.15 Å².